The van der Waals surface area contributed by atoms with Crippen molar-refractivity contribution in [3.63, 3.8) is 0 Å². The van der Waals surface area contributed by atoms with Gasteiger partial charge in [0.05, 0.1) is 0 Å². The van der Waals surface area contributed by atoms with E-state index in [4.69, 9.17) is 0 Å². The number of para-hydroxylation sites is 1. The minimum atomic E-state index is 0.948. The average Bonchev–Trinajstić information content (AvgIpc) is 2.55. The number of anilines is 1. The van der Waals surface area contributed by atoms with Crippen LogP contribution in [-0.4, -0.2) is 19.6 Å². The van der Waals surface area contributed by atoms with Gasteiger partial charge in [0.25, 0.3) is 0 Å². The molecule has 0 amide bonds. The molecule has 2 atom stereocenters. The summed E-state index contributed by atoms with van der Waals surface area (Å²) in [5.74, 6) is 1.96. The van der Waals surface area contributed by atoms with Crippen molar-refractivity contribution in [2.75, 3.05) is 24.5 Å². The van der Waals surface area contributed by atoms with Gasteiger partial charge in [-0.2, -0.15) is 0 Å². The first-order valence-corrected chi connectivity index (χ1v) is 8.92. The van der Waals surface area contributed by atoms with Gasteiger partial charge in [-0.25, -0.2) is 0 Å². The Labute approximate surface area is 129 Å². The van der Waals surface area contributed by atoms with Crippen LogP contribution < -0.4 is 10.2 Å². The molecule has 1 aliphatic carbocycles. The Morgan fingerprint density at radius 1 is 1.10 bits per heavy atom. The van der Waals surface area contributed by atoms with E-state index in [1.807, 2.05) is 0 Å². The highest BCUT2D eigenvalue weighted by atomic mass is 15.1. The van der Waals surface area contributed by atoms with Crippen LogP contribution in [0.5, 0.6) is 0 Å². The van der Waals surface area contributed by atoms with Crippen LogP contribution in [0.3, 0.4) is 0 Å². The molecule has 1 aliphatic heterocycles. The first kappa shape index (κ1) is 14.9. The second kappa shape index (κ2) is 7.31. The molecule has 1 aromatic rings. The summed E-state index contributed by atoms with van der Waals surface area (Å²) in [5.41, 5.74) is 2.95. The maximum Gasteiger partial charge on any atom is 0.0411 e. The molecule has 2 heteroatoms. The number of nitrogens with zero attached hydrogens (tertiary/aromatic N) is 1. The van der Waals surface area contributed by atoms with E-state index >= 15 is 0 Å². The summed E-state index contributed by atoms with van der Waals surface area (Å²) in [6.45, 7) is 6.89. The molecule has 1 saturated carbocycles. The molecule has 3 rings (SSSR count). The van der Waals surface area contributed by atoms with Gasteiger partial charge in [-0.15, -0.1) is 0 Å². The fourth-order valence-corrected chi connectivity index (χ4v) is 4.19. The molecule has 1 N–H and O–H groups in total. The zero-order valence-corrected chi connectivity index (χ0v) is 13.5. The predicted molar refractivity (Wildman–Crippen MR) is 90.7 cm³/mol. The Balaban J connectivity index is 1.68. The second-order valence-corrected chi connectivity index (χ2v) is 6.84. The minimum Gasteiger partial charge on any atom is -0.371 e. The highest BCUT2D eigenvalue weighted by Gasteiger charge is 2.31. The summed E-state index contributed by atoms with van der Waals surface area (Å²) < 4.78 is 0. The number of benzene rings is 1. The Morgan fingerprint density at radius 2 is 1.90 bits per heavy atom. The molecular weight excluding hydrogens is 256 g/mol. The summed E-state index contributed by atoms with van der Waals surface area (Å²) in [4.78, 5) is 2.66. The van der Waals surface area contributed by atoms with Gasteiger partial charge >= 0.3 is 0 Å². The van der Waals surface area contributed by atoms with Crippen molar-refractivity contribution in [2.24, 2.45) is 11.8 Å². The minimum absolute atomic E-state index is 0.948. The number of piperidine rings is 1. The van der Waals surface area contributed by atoms with Gasteiger partial charge in [-0.1, -0.05) is 44.4 Å². The van der Waals surface area contributed by atoms with E-state index in [9.17, 15) is 0 Å². The highest BCUT2D eigenvalue weighted by molar-refractivity contribution is 5.54. The summed E-state index contributed by atoms with van der Waals surface area (Å²) in [5, 5.41) is 3.56. The molecule has 116 valence electrons. The third kappa shape index (κ3) is 3.60. The van der Waals surface area contributed by atoms with Crippen molar-refractivity contribution in [2.45, 2.75) is 52.0 Å². The molecular formula is C19H30N2. The zero-order valence-electron chi connectivity index (χ0n) is 13.5. The van der Waals surface area contributed by atoms with Crippen molar-refractivity contribution >= 4 is 5.69 Å². The third-order valence-electron chi connectivity index (χ3n) is 5.37. The van der Waals surface area contributed by atoms with E-state index in [1.165, 1.54) is 62.9 Å². The fraction of sp³-hybridized carbons (Fsp3) is 0.684. The van der Waals surface area contributed by atoms with Crippen LogP contribution in [0.1, 0.15) is 51.0 Å². The molecule has 0 aromatic heterocycles. The molecule has 1 heterocycles. The van der Waals surface area contributed by atoms with Gasteiger partial charge in [-0.3, -0.25) is 0 Å². The highest BCUT2D eigenvalue weighted by Crippen LogP contribution is 2.38. The van der Waals surface area contributed by atoms with E-state index in [0.29, 0.717) is 0 Å². The number of nitrogens with one attached hydrogen (secondary N) is 1. The van der Waals surface area contributed by atoms with Gasteiger partial charge < -0.3 is 10.2 Å². The largest absolute Gasteiger partial charge is 0.371 e. The van der Waals surface area contributed by atoms with Crippen LogP contribution in [0.25, 0.3) is 0 Å². The summed E-state index contributed by atoms with van der Waals surface area (Å²) in [7, 11) is 0. The number of rotatable bonds is 5. The van der Waals surface area contributed by atoms with E-state index in [0.717, 1.165) is 24.9 Å². The lowest BCUT2D eigenvalue weighted by Crippen LogP contribution is -2.42. The lowest BCUT2D eigenvalue weighted by atomic mass is 9.75. The molecule has 0 spiro atoms. The van der Waals surface area contributed by atoms with Crippen LogP contribution >= 0.6 is 0 Å². The van der Waals surface area contributed by atoms with Crippen molar-refractivity contribution in [3.05, 3.63) is 29.8 Å². The number of fused-ring (bicyclic) bond motifs is 1. The third-order valence-corrected chi connectivity index (χ3v) is 5.37. The maximum absolute atomic E-state index is 3.56. The molecule has 2 unspecified atom stereocenters. The molecule has 1 aromatic carbocycles. The van der Waals surface area contributed by atoms with Gasteiger partial charge in [0.2, 0.25) is 0 Å². The zero-order chi connectivity index (χ0) is 14.5. The standard InChI is InChI=1S/C19H30N2/c1-2-12-20-14-17-8-5-6-10-19(17)21-13-11-16-7-3-4-9-18(16)15-21/h5-6,8,10,16,18,20H,2-4,7,9,11-15H2,1H3. The SMILES string of the molecule is CCCNCc1ccccc1N1CCC2CCCCC2C1. The topological polar surface area (TPSA) is 15.3 Å². The van der Waals surface area contributed by atoms with Gasteiger partial charge in [0.15, 0.2) is 0 Å². The summed E-state index contributed by atoms with van der Waals surface area (Å²) >= 11 is 0. The van der Waals surface area contributed by atoms with Crippen molar-refractivity contribution in [3.8, 4) is 0 Å². The quantitative estimate of drug-likeness (QED) is 0.816. The summed E-state index contributed by atoms with van der Waals surface area (Å²) in [6.07, 6.45) is 8.47. The molecule has 0 bridgehead atoms. The van der Waals surface area contributed by atoms with Crippen molar-refractivity contribution in [1.82, 2.24) is 5.32 Å². The molecule has 2 nitrogen and oxygen atoms in total. The number of hydrogen-bond acceptors (Lipinski definition) is 2. The van der Waals surface area contributed by atoms with Crippen molar-refractivity contribution < 1.29 is 0 Å². The fourth-order valence-electron chi connectivity index (χ4n) is 4.19. The van der Waals surface area contributed by atoms with Crippen LogP contribution in [0.15, 0.2) is 24.3 Å². The van der Waals surface area contributed by atoms with Crippen LogP contribution in [0, 0.1) is 11.8 Å². The lowest BCUT2D eigenvalue weighted by Gasteiger charge is -2.43. The molecule has 1 saturated heterocycles. The van der Waals surface area contributed by atoms with Crippen LogP contribution in [0.2, 0.25) is 0 Å². The Morgan fingerprint density at radius 3 is 2.76 bits per heavy atom. The van der Waals surface area contributed by atoms with Gasteiger partial charge in [0.1, 0.15) is 0 Å². The van der Waals surface area contributed by atoms with Gasteiger partial charge in [-0.05, 0) is 49.3 Å². The first-order valence-electron chi connectivity index (χ1n) is 8.92. The molecule has 21 heavy (non-hydrogen) atoms. The molecule has 0 radical (unpaired) electrons. The second-order valence-electron chi connectivity index (χ2n) is 6.84. The van der Waals surface area contributed by atoms with Crippen molar-refractivity contribution in [1.29, 1.82) is 0 Å². The van der Waals surface area contributed by atoms with E-state index in [1.54, 1.807) is 0 Å². The lowest BCUT2D eigenvalue weighted by molar-refractivity contribution is 0.202. The monoisotopic (exact) mass is 286 g/mol. The summed E-state index contributed by atoms with van der Waals surface area (Å²) in [6, 6.07) is 9.00. The molecule has 2 aliphatic rings. The maximum atomic E-state index is 3.56. The van der Waals surface area contributed by atoms with Crippen LogP contribution in [-0.2, 0) is 6.54 Å². The smallest absolute Gasteiger partial charge is 0.0411 e. The van der Waals surface area contributed by atoms with E-state index < -0.39 is 0 Å². The Hall–Kier alpha value is -1.02. The normalized spacial score (nSPS) is 25.7. The van der Waals surface area contributed by atoms with E-state index in [2.05, 4.69) is 41.4 Å². The Bertz CT molecular complexity index is 443. The van der Waals surface area contributed by atoms with Crippen LogP contribution in [0.4, 0.5) is 5.69 Å². The van der Waals surface area contributed by atoms with Gasteiger partial charge in [0, 0.05) is 25.3 Å². The number of hydrogen-bond donors (Lipinski definition) is 1. The first-order chi connectivity index (χ1) is 10.4. The average molecular weight is 286 g/mol. The Kier molecular flexibility index (Phi) is 5.18. The molecule has 2 fully saturated rings. The van der Waals surface area contributed by atoms with E-state index in [-0.39, 0.29) is 0 Å². The predicted octanol–water partition coefficient (Wildman–Crippen LogP) is 4.20.